The fraction of sp³-hybridized carbons (Fsp3) is 0.611. The molecule has 0 bridgehead atoms. The summed E-state index contributed by atoms with van der Waals surface area (Å²) < 4.78 is 0. The number of nitrogens with zero attached hydrogens (tertiary/aromatic N) is 1. The minimum absolute atomic E-state index is 0.00476. The molecular weight excluding hydrogens is 274 g/mol. The molecule has 0 radical (unpaired) electrons. The number of rotatable bonds is 3. The van der Waals surface area contributed by atoms with E-state index in [2.05, 4.69) is 22.6 Å². The summed E-state index contributed by atoms with van der Waals surface area (Å²) in [5.41, 5.74) is 2.16. The Labute approximate surface area is 136 Å². The molecule has 0 spiro atoms. The summed E-state index contributed by atoms with van der Waals surface area (Å²) in [7, 11) is 4.07. The quantitative estimate of drug-likeness (QED) is 0.898. The Kier molecular flexibility index (Phi) is 12.2. The molecule has 0 saturated carbocycles. The first-order valence-corrected chi connectivity index (χ1v) is 8.31. The number of amides is 1. The van der Waals surface area contributed by atoms with E-state index in [9.17, 15) is 4.79 Å². The lowest BCUT2D eigenvalue weighted by atomic mass is 10.1. The molecule has 1 saturated heterocycles. The highest BCUT2D eigenvalue weighted by atomic mass is 16.1. The van der Waals surface area contributed by atoms with E-state index in [0.717, 1.165) is 11.3 Å². The first-order chi connectivity index (χ1) is 10.6. The molecule has 0 aliphatic carbocycles. The van der Waals surface area contributed by atoms with Gasteiger partial charge in [0.1, 0.15) is 0 Å². The highest BCUT2D eigenvalue weighted by Gasteiger charge is 2.02. The van der Waals surface area contributed by atoms with Crippen LogP contribution in [0.2, 0.25) is 0 Å². The van der Waals surface area contributed by atoms with Gasteiger partial charge in [0.15, 0.2) is 0 Å². The first-order valence-electron chi connectivity index (χ1n) is 8.31. The van der Waals surface area contributed by atoms with E-state index in [4.69, 9.17) is 0 Å². The van der Waals surface area contributed by atoms with E-state index < -0.39 is 0 Å². The largest absolute Gasteiger partial charge is 0.388 e. The molecule has 2 rings (SSSR count). The van der Waals surface area contributed by atoms with Gasteiger partial charge in [-0.2, -0.15) is 0 Å². The molecule has 1 aromatic rings. The van der Waals surface area contributed by atoms with Crippen molar-refractivity contribution in [1.29, 1.82) is 0 Å². The van der Waals surface area contributed by atoms with Gasteiger partial charge in [0, 0.05) is 26.2 Å². The molecule has 0 unspecified atom stereocenters. The van der Waals surface area contributed by atoms with E-state index >= 15 is 0 Å². The molecular formula is C18H33N3O. The lowest BCUT2D eigenvalue weighted by molar-refractivity contribution is -0.119. The smallest absolute Gasteiger partial charge is 0.217 e. The van der Waals surface area contributed by atoms with Crippen molar-refractivity contribution in [2.45, 2.75) is 46.6 Å². The van der Waals surface area contributed by atoms with Crippen LogP contribution in [0.25, 0.3) is 0 Å². The predicted molar refractivity (Wildman–Crippen MR) is 96.2 cm³/mol. The van der Waals surface area contributed by atoms with Crippen LogP contribution in [0.4, 0.5) is 5.69 Å². The van der Waals surface area contributed by atoms with E-state index in [1.54, 1.807) is 0 Å². The Bertz CT molecular complexity index is 401. The molecule has 22 heavy (non-hydrogen) atoms. The van der Waals surface area contributed by atoms with Gasteiger partial charge in [-0.3, -0.25) is 4.79 Å². The van der Waals surface area contributed by atoms with Gasteiger partial charge >= 0.3 is 0 Å². The second-order valence-electron chi connectivity index (χ2n) is 5.22. The fourth-order valence-corrected chi connectivity index (χ4v) is 2.12. The fourth-order valence-electron chi connectivity index (χ4n) is 2.12. The molecule has 0 aromatic heterocycles. The Hall–Kier alpha value is -1.55. The Morgan fingerprint density at radius 3 is 2.27 bits per heavy atom. The van der Waals surface area contributed by atoms with Crippen LogP contribution in [0.3, 0.4) is 0 Å². The van der Waals surface area contributed by atoms with Crippen LogP contribution in [-0.4, -0.2) is 38.0 Å². The topological polar surface area (TPSA) is 44.4 Å². The highest BCUT2D eigenvalue weighted by Crippen LogP contribution is 2.09. The number of nitrogens with one attached hydrogen (secondary N) is 2. The minimum atomic E-state index is -0.00476. The molecule has 1 aromatic carbocycles. The normalized spacial score (nSPS) is 13.9. The zero-order chi connectivity index (χ0) is 16.8. The van der Waals surface area contributed by atoms with Gasteiger partial charge in [0.05, 0.1) is 0 Å². The van der Waals surface area contributed by atoms with E-state index in [0.29, 0.717) is 6.54 Å². The summed E-state index contributed by atoms with van der Waals surface area (Å²) in [5.74, 6) is -0.00476. The maximum atomic E-state index is 10.6. The molecule has 4 heteroatoms. The van der Waals surface area contributed by atoms with Gasteiger partial charge in [0.2, 0.25) is 5.91 Å². The number of anilines is 1. The van der Waals surface area contributed by atoms with Crippen molar-refractivity contribution in [1.82, 2.24) is 10.2 Å². The standard InChI is InChI=1S/C10H14N2O.C6H13N.C2H6/c1-8(13)12-7-9-4-3-5-10(6-9)11-2;1-7-5-3-2-4-6-7;1-2/h3-6,11H,7H2,1-2H3,(H,12,13);2-6H2,1H3;1-2H3. The van der Waals surface area contributed by atoms with Crippen molar-refractivity contribution in [3.8, 4) is 0 Å². The number of hydrogen-bond acceptors (Lipinski definition) is 3. The Morgan fingerprint density at radius 1 is 1.18 bits per heavy atom. The van der Waals surface area contributed by atoms with Crippen molar-refractivity contribution in [3.05, 3.63) is 29.8 Å². The van der Waals surface area contributed by atoms with Gasteiger partial charge in [-0.1, -0.05) is 32.4 Å². The van der Waals surface area contributed by atoms with Crippen LogP contribution >= 0.6 is 0 Å². The summed E-state index contributed by atoms with van der Waals surface area (Å²) in [6, 6.07) is 7.94. The minimum Gasteiger partial charge on any atom is -0.388 e. The zero-order valence-corrected chi connectivity index (χ0v) is 14.9. The molecule has 4 nitrogen and oxygen atoms in total. The third kappa shape index (κ3) is 10.2. The van der Waals surface area contributed by atoms with Crippen molar-refractivity contribution in [2.24, 2.45) is 0 Å². The molecule has 2 N–H and O–H groups in total. The third-order valence-electron chi connectivity index (χ3n) is 3.34. The maximum absolute atomic E-state index is 10.6. The van der Waals surface area contributed by atoms with E-state index in [1.807, 2.05) is 45.2 Å². The average molecular weight is 307 g/mol. The summed E-state index contributed by atoms with van der Waals surface area (Å²) in [4.78, 5) is 13.0. The van der Waals surface area contributed by atoms with Crippen LogP contribution in [0.15, 0.2) is 24.3 Å². The highest BCUT2D eigenvalue weighted by molar-refractivity contribution is 5.72. The van der Waals surface area contributed by atoms with Gasteiger partial charge in [0.25, 0.3) is 0 Å². The van der Waals surface area contributed by atoms with Crippen LogP contribution in [0.5, 0.6) is 0 Å². The number of benzene rings is 1. The Morgan fingerprint density at radius 2 is 1.82 bits per heavy atom. The summed E-state index contributed by atoms with van der Waals surface area (Å²) in [6.07, 6.45) is 4.28. The third-order valence-corrected chi connectivity index (χ3v) is 3.34. The van der Waals surface area contributed by atoms with Crippen LogP contribution < -0.4 is 10.6 Å². The molecule has 1 fully saturated rings. The van der Waals surface area contributed by atoms with Crippen molar-refractivity contribution in [3.63, 3.8) is 0 Å². The molecule has 1 aliphatic heterocycles. The van der Waals surface area contributed by atoms with Gasteiger partial charge < -0.3 is 15.5 Å². The van der Waals surface area contributed by atoms with Crippen LogP contribution in [0.1, 0.15) is 45.6 Å². The number of likely N-dealkylation sites (tertiary alicyclic amines) is 1. The SMILES string of the molecule is CC.CN1CCCCC1.CNc1cccc(CNC(C)=O)c1. The molecule has 1 heterocycles. The molecule has 126 valence electrons. The average Bonchev–Trinajstić information content (AvgIpc) is 2.56. The number of carbonyl (C=O) groups is 1. The Balaban J connectivity index is 0.000000412. The van der Waals surface area contributed by atoms with E-state index in [1.165, 1.54) is 39.3 Å². The van der Waals surface area contributed by atoms with Gasteiger partial charge in [-0.15, -0.1) is 0 Å². The molecule has 1 amide bonds. The lowest BCUT2D eigenvalue weighted by Gasteiger charge is -2.20. The number of piperidine rings is 1. The van der Waals surface area contributed by atoms with E-state index in [-0.39, 0.29) is 5.91 Å². The molecule has 0 atom stereocenters. The van der Waals surface area contributed by atoms with Gasteiger partial charge in [-0.25, -0.2) is 0 Å². The summed E-state index contributed by atoms with van der Waals surface area (Å²) in [5, 5.41) is 5.79. The van der Waals surface area contributed by atoms with Crippen molar-refractivity contribution in [2.75, 3.05) is 32.5 Å². The molecule has 1 aliphatic rings. The van der Waals surface area contributed by atoms with Crippen molar-refractivity contribution < 1.29 is 4.79 Å². The zero-order valence-electron chi connectivity index (χ0n) is 14.9. The summed E-state index contributed by atoms with van der Waals surface area (Å²) >= 11 is 0. The van der Waals surface area contributed by atoms with Crippen LogP contribution in [-0.2, 0) is 11.3 Å². The number of hydrogen-bond donors (Lipinski definition) is 2. The maximum Gasteiger partial charge on any atom is 0.217 e. The predicted octanol–water partition coefficient (Wildman–Crippen LogP) is 3.49. The monoisotopic (exact) mass is 307 g/mol. The number of carbonyl (C=O) groups excluding carboxylic acids is 1. The van der Waals surface area contributed by atoms with Gasteiger partial charge in [-0.05, 0) is 50.7 Å². The van der Waals surface area contributed by atoms with Crippen LogP contribution in [0, 0.1) is 0 Å². The summed E-state index contributed by atoms with van der Waals surface area (Å²) in [6.45, 7) is 8.74. The second-order valence-corrected chi connectivity index (χ2v) is 5.22. The first kappa shape index (κ1) is 20.5. The lowest BCUT2D eigenvalue weighted by Crippen LogP contribution is -2.24. The van der Waals surface area contributed by atoms with Crippen molar-refractivity contribution >= 4 is 11.6 Å². The second kappa shape index (κ2) is 13.1.